The van der Waals surface area contributed by atoms with Gasteiger partial charge in [0.25, 0.3) is 0 Å². The second kappa shape index (κ2) is 5.75. The highest BCUT2D eigenvalue weighted by Gasteiger charge is 2.62. The Bertz CT molecular complexity index is 559. The zero-order valence-electron chi connectivity index (χ0n) is 14.0. The van der Waals surface area contributed by atoms with Gasteiger partial charge in [0, 0.05) is 11.8 Å². The average molecular weight is 303 g/mol. The van der Waals surface area contributed by atoms with E-state index in [9.17, 15) is 9.59 Å². The number of carbonyl (C=O) groups excluding carboxylic acids is 2. The summed E-state index contributed by atoms with van der Waals surface area (Å²) in [5.41, 5.74) is -0.325. The van der Waals surface area contributed by atoms with Crippen LogP contribution in [0.3, 0.4) is 0 Å². The number of ketones is 1. The van der Waals surface area contributed by atoms with E-state index in [-0.39, 0.29) is 17.6 Å². The van der Waals surface area contributed by atoms with Gasteiger partial charge in [-0.3, -0.25) is 4.79 Å². The number of Topliss-reactive ketones (excluding diaryl/α,β-unsaturated/α-hetero) is 1. The van der Waals surface area contributed by atoms with Gasteiger partial charge in [0.05, 0.1) is 0 Å². The number of hydrogen-bond acceptors (Lipinski definition) is 3. The van der Waals surface area contributed by atoms with E-state index in [2.05, 4.69) is 5.32 Å². The predicted octanol–water partition coefficient (Wildman–Crippen LogP) is 3.66. The minimum atomic E-state index is -0.822. The van der Waals surface area contributed by atoms with Crippen molar-refractivity contribution >= 4 is 11.9 Å². The van der Waals surface area contributed by atoms with Crippen LogP contribution in [0.2, 0.25) is 0 Å². The van der Waals surface area contributed by atoms with Gasteiger partial charge in [-0.25, -0.2) is 4.79 Å². The fourth-order valence-corrected chi connectivity index (χ4v) is 2.82. The first-order chi connectivity index (χ1) is 10.2. The molecule has 0 radical (unpaired) electrons. The van der Waals surface area contributed by atoms with Gasteiger partial charge < -0.3 is 10.1 Å². The van der Waals surface area contributed by atoms with Crippen molar-refractivity contribution in [1.29, 1.82) is 0 Å². The molecule has 2 rings (SSSR count). The number of nitrogens with one attached hydrogen (secondary N) is 1. The molecule has 0 heterocycles. The van der Waals surface area contributed by atoms with Gasteiger partial charge in [-0.1, -0.05) is 44.2 Å². The van der Waals surface area contributed by atoms with E-state index >= 15 is 0 Å². The third-order valence-electron chi connectivity index (χ3n) is 3.85. The van der Waals surface area contributed by atoms with Crippen molar-refractivity contribution in [1.82, 2.24) is 5.32 Å². The van der Waals surface area contributed by atoms with Crippen LogP contribution >= 0.6 is 0 Å². The third-order valence-corrected chi connectivity index (χ3v) is 3.85. The summed E-state index contributed by atoms with van der Waals surface area (Å²) >= 11 is 0. The van der Waals surface area contributed by atoms with E-state index in [0.717, 1.165) is 5.56 Å². The molecule has 1 aromatic carbocycles. The molecule has 1 fully saturated rings. The quantitative estimate of drug-likeness (QED) is 0.923. The lowest BCUT2D eigenvalue weighted by atomic mass is 9.95. The van der Waals surface area contributed by atoms with Gasteiger partial charge in [-0.15, -0.1) is 0 Å². The summed E-state index contributed by atoms with van der Waals surface area (Å²) in [6, 6.07) is 9.84. The van der Waals surface area contributed by atoms with E-state index in [1.165, 1.54) is 0 Å². The maximum absolute atomic E-state index is 12.6. The Hall–Kier alpha value is -1.84. The number of hydrogen-bond donors (Lipinski definition) is 1. The smallest absolute Gasteiger partial charge is 0.408 e. The fraction of sp³-hybridized carbons (Fsp3) is 0.556. The Morgan fingerprint density at radius 3 is 2.32 bits per heavy atom. The van der Waals surface area contributed by atoms with Crippen LogP contribution in [-0.4, -0.2) is 23.0 Å². The van der Waals surface area contributed by atoms with Crippen LogP contribution in [0.25, 0.3) is 0 Å². The molecule has 2 atom stereocenters. The van der Waals surface area contributed by atoms with E-state index < -0.39 is 17.2 Å². The molecule has 120 valence electrons. The average Bonchev–Trinajstić information content (AvgIpc) is 3.11. The molecule has 4 nitrogen and oxygen atoms in total. The number of alkyl carbamates (subject to hydrolysis) is 1. The monoisotopic (exact) mass is 303 g/mol. The molecule has 0 aliphatic heterocycles. The van der Waals surface area contributed by atoms with Gasteiger partial charge in [-0.05, 0) is 32.8 Å². The van der Waals surface area contributed by atoms with Crippen LogP contribution in [0.15, 0.2) is 30.3 Å². The van der Waals surface area contributed by atoms with Crippen molar-refractivity contribution in [2.24, 2.45) is 5.92 Å². The van der Waals surface area contributed by atoms with Crippen molar-refractivity contribution in [2.45, 2.75) is 58.1 Å². The summed E-state index contributed by atoms with van der Waals surface area (Å²) < 4.78 is 5.33. The van der Waals surface area contributed by atoms with Crippen LogP contribution in [-0.2, 0) is 9.53 Å². The lowest BCUT2D eigenvalue weighted by molar-refractivity contribution is -0.125. The highest BCUT2D eigenvalue weighted by atomic mass is 16.6. The van der Waals surface area contributed by atoms with Crippen LogP contribution < -0.4 is 5.32 Å². The standard InChI is InChI=1S/C18H25NO3/c1-12(2)15(20)18(19-16(21)22-17(3,4)5)11-14(18)13-9-7-6-8-10-13/h6-10,12,14H,11H2,1-5H3,(H,19,21)/t14-,18-/m1/s1. The first-order valence-corrected chi connectivity index (χ1v) is 7.76. The van der Waals surface area contributed by atoms with Gasteiger partial charge in [-0.2, -0.15) is 0 Å². The number of carbonyl (C=O) groups is 2. The highest BCUT2D eigenvalue weighted by Crippen LogP contribution is 2.53. The van der Waals surface area contributed by atoms with Crippen molar-refractivity contribution in [2.75, 3.05) is 0 Å². The summed E-state index contributed by atoms with van der Waals surface area (Å²) in [5, 5.41) is 2.84. The minimum absolute atomic E-state index is 0.0242. The second-order valence-electron chi connectivity index (χ2n) is 7.28. The van der Waals surface area contributed by atoms with Gasteiger partial charge in [0.1, 0.15) is 11.1 Å². The summed E-state index contributed by atoms with van der Waals surface area (Å²) in [6.45, 7) is 9.16. The normalized spacial score (nSPS) is 24.0. The maximum atomic E-state index is 12.6. The highest BCUT2D eigenvalue weighted by molar-refractivity contribution is 5.97. The minimum Gasteiger partial charge on any atom is -0.444 e. The van der Waals surface area contributed by atoms with Gasteiger partial charge in [0.15, 0.2) is 5.78 Å². The predicted molar refractivity (Wildman–Crippen MR) is 85.7 cm³/mol. The zero-order chi connectivity index (χ0) is 16.5. The van der Waals surface area contributed by atoms with E-state index in [1.807, 2.05) is 65.0 Å². The number of amides is 1. The Morgan fingerprint density at radius 2 is 1.82 bits per heavy atom. The lowest BCUT2D eigenvalue weighted by Gasteiger charge is -2.24. The second-order valence-corrected chi connectivity index (χ2v) is 7.28. The number of rotatable bonds is 4. The molecule has 0 bridgehead atoms. The fourth-order valence-electron chi connectivity index (χ4n) is 2.82. The zero-order valence-corrected chi connectivity index (χ0v) is 14.0. The summed E-state index contributed by atoms with van der Waals surface area (Å²) in [6.07, 6.45) is 0.104. The van der Waals surface area contributed by atoms with E-state index in [0.29, 0.717) is 6.42 Å². The van der Waals surface area contributed by atoms with Crippen LogP contribution in [0.5, 0.6) is 0 Å². The maximum Gasteiger partial charge on any atom is 0.408 e. The molecule has 4 heteroatoms. The SMILES string of the molecule is CC(C)C(=O)[C@@]1(NC(=O)OC(C)(C)C)C[C@@H]1c1ccccc1. The molecular formula is C18H25NO3. The van der Waals surface area contributed by atoms with Crippen molar-refractivity contribution in [3.05, 3.63) is 35.9 Å². The van der Waals surface area contributed by atoms with Crippen LogP contribution in [0, 0.1) is 5.92 Å². The Labute approximate surface area is 132 Å². The summed E-state index contributed by atoms with van der Waals surface area (Å²) in [5.74, 6) is -0.0491. The molecule has 1 aliphatic rings. The summed E-state index contributed by atoms with van der Waals surface area (Å²) in [4.78, 5) is 24.8. The molecule has 0 unspecified atom stereocenters. The van der Waals surface area contributed by atoms with Gasteiger partial charge >= 0.3 is 6.09 Å². The van der Waals surface area contributed by atoms with Crippen molar-refractivity contribution in [3.8, 4) is 0 Å². The molecule has 0 spiro atoms. The topological polar surface area (TPSA) is 55.4 Å². The molecule has 1 saturated carbocycles. The first kappa shape index (κ1) is 16.5. The lowest BCUT2D eigenvalue weighted by Crippen LogP contribution is -2.48. The van der Waals surface area contributed by atoms with Gasteiger partial charge in [0.2, 0.25) is 0 Å². The first-order valence-electron chi connectivity index (χ1n) is 7.76. The molecule has 1 aliphatic carbocycles. The summed E-state index contributed by atoms with van der Waals surface area (Å²) in [7, 11) is 0. The largest absolute Gasteiger partial charge is 0.444 e. The Balaban J connectivity index is 2.20. The molecule has 0 saturated heterocycles. The van der Waals surface area contributed by atoms with E-state index in [1.54, 1.807) is 0 Å². The molecule has 22 heavy (non-hydrogen) atoms. The number of benzene rings is 1. The third kappa shape index (κ3) is 3.49. The molecule has 1 N–H and O–H groups in total. The Morgan fingerprint density at radius 1 is 1.23 bits per heavy atom. The van der Waals surface area contributed by atoms with Crippen molar-refractivity contribution in [3.63, 3.8) is 0 Å². The Kier molecular flexibility index (Phi) is 4.32. The molecule has 1 amide bonds. The van der Waals surface area contributed by atoms with Crippen molar-refractivity contribution < 1.29 is 14.3 Å². The molecular weight excluding hydrogens is 278 g/mol. The van der Waals surface area contributed by atoms with E-state index in [4.69, 9.17) is 4.74 Å². The van der Waals surface area contributed by atoms with Crippen LogP contribution in [0.4, 0.5) is 4.79 Å². The number of ether oxygens (including phenoxy) is 1. The molecule has 1 aromatic rings. The van der Waals surface area contributed by atoms with Crippen LogP contribution in [0.1, 0.15) is 52.5 Å². The molecule has 0 aromatic heterocycles.